The van der Waals surface area contributed by atoms with Crippen LogP contribution in [0.4, 0.5) is 4.39 Å². The van der Waals surface area contributed by atoms with Gasteiger partial charge in [-0.25, -0.2) is 4.39 Å². The van der Waals surface area contributed by atoms with E-state index >= 15 is 0 Å². The maximum atomic E-state index is 13.5. The van der Waals surface area contributed by atoms with E-state index in [1.807, 2.05) is 13.8 Å². The van der Waals surface area contributed by atoms with Crippen LogP contribution >= 0.6 is 11.3 Å². The topological polar surface area (TPSA) is 17.1 Å². The van der Waals surface area contributed by atoms with E-state index in [1.165, 1.54) is 17.4 Å². The van der Waals surface area contributed by atoms with Gasteiger partial charge in [-0.05, 0) is 32.0 Å². The van der Waals surface area contributed by atoms with Gasteiger partial charge < -0.3 is 0 Å². The van der Waals surface area contributed by atoms with Crippen LogP contribution in [0.5, 0.6) is 0 Å². The van der Waals surface area contributed by atoms with E-state index in [0.717, 1.165) is 10.4 Å². The lowest BCUT2D eigenvalue weighted by molar-refractivity contribution is 0.103. The molecule has 0 saturated carbocycles. The van der Waals surface area contributed by atoms with E-state index in [2.05, 4.69) is 0 Å². The number of benzene rings is 1. The molecule has 0 aliphatic rings. The molecule has 1 nitrogen and oxygen atoms in total. The lowest BCUT2D eigenvalue weighted by atomic mass is 10.0. The van der Waals surface area contributed by atoms with Crippen molar-refractivity contribution in [2.75, 3.05) is 0 Å². The Morgan fingerprint density at radius 2 is 2.00 bits per heavy atom. The van der Waals surface area contributed by atoms with Gasteiger partial charge in [-0.2, -0.15) is 0 Å². The normalized spacial score (nSPS) is 10.4. The summed E-state index contributed by atoms with van der Waals surface area (Å²) in [5.41, 5.74) is 1.60. The highest BCUT2D eigenvalue weighted by Gasteiger charge is 2.14. The maximum Gasteiger partial charge on any atom is 0.196 e. The van der Waals surface area contributed by atoms with Crippen molar-refractivity contribution in [2.24, 2.45) is 0 Å². The number of aryl methyl sites for hydroxylation is 2. The van der Waals surface area contributed by atoms with Crippen molar-refractivity contribution < 1.29 is 9.18 Å². The van der Waals surface area contributed by atoms with E-state index in [4.69, 9.17) is 0 Å². The molecule has 0 atom stereocenters. The molecule has 0 bridgehead atoms. The van der Waals surface area contributed by atoms with Gasteiger partial charge in [0.2, 0.25) is 0 Å². The molecule has 0 unspecified atom stereocenters. The van der Waals surface area contributed by atoms with E-state index < -0.39 is 5.82 Å². The molecular weight excluding hydrogens is 223 g/mol. The first-order valence-electron chi connectivity index (χ1n) is 4.94. The Morgan fingerprint density at radius 3 is 2.62 bits per heavy atom. The maximum absolute atomic E-state index is 13.5. The summed E-state index contributed by atoms with van der Waals surface area (Å²) in [5, 5.41) is 1.76. The molecular formula is C13H11FOS. The number of carbonyl (C=O) groups is 1. The van der Waals surface area contributed by atoms with Gasteiger partial charge in [-0.3, -0.25) is 4.79 Å². The second kappa shape index (κ2) is 4.18. The summed E-state index contributed by atoms with van der Waals surface area (Å²) in [6.07, 6.45) is 0. The Bertz CT molecular complexity index is 543. The Morgan fingerprint density at radius 1 is 1.25 bits per heavy atom. The van der Waals surface area contributed by atoms with E-state index in [9.17, 15) is 9.18 Å². The van der Waals surface area contributed by atoms with E-state index in [0.29, 0.717) is 5.56 Å². The SMILES string of the molecule is Cc1ccc(F)c(C(=O)c2csc(C)c2)c1. The first-order valence-corrected chi connectivity index (χ1v) is 5.82. The van der Waals surface area contributed by atoms with E-state index in [1.54, 1.807) is 23.6 Å². The van der Waals surface area contributed by atoms with Gasteiger partial charge in [-0.1, -0.05) is 11.6 Å². The Kier molecular flexibility index (Phi) is 2.88. The minimum atomic E-state index is -0.459. The Labute approximate surface area is 97.6 Å². The summed E-state index contributed by atoms with van der Waals surface area (Å²) in [6, 6.07) is 6.37. The number of halogens is 1. The van der Waals surface area contributed by atoms with E-state index in [-0.39, 0.29) is 11.3 Å². The summed E-state index contributed by atoms with van der Waals surface area (Å²) in [5.74, 6) is -0.704. The third kappa shape index (κ3) is 2.04. The first kappa shape index (κ1) is 11.0. The van der Waals surface area contributed by atoms with Crippen LogP contribution in [-0.4, -0.2) is 5.78 Å². The average Bonchev–Trinajstić information content (AvgIpc) is 2.67. The molecule has 0 spiro atoms. The van der Waals surface area contributed by atoms with Gasteiger partial charge in [0, 0.05) is 15.8 Å². The zero-order chi connectivity index (χ0) is 11.7. The molecule has 1 heterocycles. The summed E-state index contributed by atoms with van der Waals surface area (Å²) < 4.78 is 13.5. The standard InChI is InChI=1S/C13H11FOS/c1-8-3-4-12(14)11(5-8)13(15)10-6-9(2)16-7-10/h3-7H,1-2H3. The number of carbonyl (C=O) groups excluding carboxylic acids is 1. The molecule has 0 radical (unpaired) electrons. The second-order valence-corrected chi connectivity index (χ2v) is 4.87. The lowest BCUT2D eigenvalue weighted by Gasteiger charge is -2.01. The van der Waals surface area contributed by atoms with Crippen molar-refractivity contribution >= 4 is 17.1 Å². The highest BCUT2D eigenvalue weighted by Crippen LogP contribution is 2.19. The van der Waals surface area contributed by atoms with Crippen molar-refractivity contribution in [3.8, 4) is 0 Å². The van der Waals surface area contributed by atoms with Crippen LogP contribution in [0, 0.1) is 19.7 Å². The van der Waals surface area contributed by atoms with Gasteiger partial charge in [0.15, 0.2) is 5.78 Å². The minimum absolute atomic E-state index is 0.151. The molecule has 2 rings (SSSR count). The van der Waals surface area contributed by atoms with Crippen molar-refractivity contribution in [3.63, 3.8) is 0 Å². The molecule has 0 saturated heterocycles. The van der Waals surface area contributed by atoms with Crippen molar-refractivity contribution in [2.45, 2.75) is 13.8 Å². The van der Waals surface area contributed by atoms with Crippen molar-refractivity contribution in [3.05, 3.63) is 57.0 Å². The quantitative estimate of drug-likeness (QED) is 0.723. The van der Waals surface area contributed by atoms with Gasteiger partial charge in [-0.15, -0.1) is 11.3 Å². The minimum Gasteiger partial charge on any atom is -0.288 e. The number of hydrogen-bond donors (Lipinski definition) is 0. The van der Waals surface area contributed by atoms with Crippen LogP contribution in [0.3, 0.4) is 0 Å². The highest BCUT2D eigenvalue weighted by atomic mass is 32.1. The molecule has 3 heteroatoms. The molecule has 0 fully saturated rings. The van der Waals surface area contributed by atoms with Crippen LogP contribution in [0.1, 0.15) is 26.4 Å². The number of hydrogen-bond acceptors (Lipinski definition) is 2. The summed E-state index contributed by atoms with van der Waals surface area (Å²) in [4.78, 5) is 13.1. The molecule has 1 aromatic carbocycles. The van der Waals surface area contributed by atoms with Crippen LogP contribution in [0.25, 0.3) is 0 Å². The summed E-state index contributed by atoms with van der Waals surface area (Å²) in [6.45, 7) is 3.77. The molecule has 1 aromatic heterocycles. The fraction of sp³-hybridized carbons (Fsp3) is 0.154. The van der Waals surface area contributed by atoms with Crippen LogP contribution in [-0.2, 0) is 0 Å². The second-order valence-electron chi connectivity index (χ2n) is 3.76. The van der Waals surface area contributed by atoms with Crippen LogP contribution < -0.4 is 0 Å². The molecule has 0 aliphatic heterocycles. The molecule has 2 aromatic rings. The molecule has 0 N–H and O–H groups in total. The van der Waals surface area contributed by atoms with Crippen LogP contribution in [0.2, 0.25) is 0 Å². The predicted octanol–water partition coefficient (Wildman–Crippen LogP) is 3.74. The van der Waals surface area contributed by atoms with Crippen molar-refractivity contribution in [1.82, 2.24) is 0 Å². The van der Waals surface area contributed by atoms with Gasteiger partial charge in [0.1, 0.15) is 5.82 Å². The average molecular weight is 234 g/mol. The molecule has 0 aliphatic carbocycles. The lowest BCUT2D eigenvalue weighted by Crippen LogP contribution is -2.03. The first-order chi connectivity index (χ1) is 7.58. The molecule has 82 valence electrons. The zero-order valence-electron chi connectivity index (χ0n) is 9.08. The number of thiophene rings is 1. The number of ketones is 1. The van der Waals surface area contributed by atoms with Gasteiger partial charge >= 0.3 is 0 Å². The van der Waals surface area contributed by atoms with Crippen LogP contribution in [0.15, 0.2) is 29.6 Å². The Hall–Kier alpha value is -1.48. The third-order valence-corrected chi connectivity index (χ3v) is 3.22. The van der Waals surface area contributed by atoms with Gasteiger partial charge in [0.25, 0.3) is 0 Å². The third-order valence-electron chi connectivity index (χ3n) is 2.36. The highest BCUT2D eigenvalue weighted by molar-refractivity contribution is 7.10. The summed E-state index contributed by atoms with van der Waals surface area (Å²) in [7, 11) is 0. The molecule has 16 heavy (non-hydrogen) atoms. The number of rotatable bonds is 2. The monoisotopic (exact) mass is 234 g/mol. The largest absolute Gasteiger partial charge is 0.288 e. The smallest absolute Gasteiger partial charge is 0.196 e. The Balaban J connectivity index is 2.45. The summed E-state index contributed by atoms with van der Waals surface area (Å²) >= 11 is 1.49. The van der Waals surface area contributed by atoms with Crippen molar-refractivity contribution in [1.29, 1.82) is 0 Å². The zero-order valence-corrected chi connectivity index (χ0v) is 9.90. The fourth-order valence-corrected chi connectivity index (χ4v) is 2.21. The van der Waals surface area contributed by atoms with Gasteiger partial charge in [0.05, 0.1) is 5.56 Å². The molecule has 0 amide bonds. The fourth-order valence-electron chi connectivity index (χ4n) is 1.53. The predicted molar refractivity (Wildman–Crippen MR) is 63.6 cm³/mol.